The van der Waals surface area contributed by atoms with Gasteiger partial charge >= 0.3 is 0 Å². The lowest BCUT2D eigenvalue weighted by Crippen LogP contribution is -1.98. The molecular formula is C15H12Cl2FNO2. The van der Waals surface area contributed by atoms with Crippen LogP contribution in [0.2, 0.25) is 0 Å². The molecule has 0 heterocycles. The van der Waals surface area contributed by atoms with Gasteiger partial charge in [-0.25, -0.2) is 4.39 Å². The lowest BCUT2D eigenvalue weighted by atomic mass is 10.0. The molecule has 0 N–H and O–H groups in total. The Kier molecular flexibility index (Phi) is 5.15. The first kappa shape index (κ1) is 15.7. The van der Waals surface area contributed by atoms with E-state index in [9.17, 15) is 14.5 Å². The number of non-ortho nitro benzene ring substituents is 1. The van der Waals surface area contributed by atoms with Gasteiger partial charge in [-0.1, -0.05) is 24.3 Å². The molecule has 6 heteroatoms. The molecule has 0 saturated heterocycles. The first-order valence-corrected chi connectivity index (χ1v) is 7.12. The average Bonchev–Trinajstić information content (AvgIpc) is 2.47. The van der Waals surface area contributed by atoms with Crippen LogP contribution in [-0.2, 0) is 0 Å². The number of rotatable bonds is 5. The largest absolute Gasteiger partial charge is 0.269 e. The Morgan fingerprint density at radius 3 is 1.81 bits per heavy atom. The van der Waals surface area contributed by atoms with Crippen LogP contribution in [0, 0.1) is 15.9 Å². The zero-order valence-corrected chi connectivity index (χ0v) is 12.4. The minimum Gasteiger partial charge on any atom is -0.258 e. The molecule has 0 amide bonds. The Morgan fingerprint density at radius 1 is 0.952 bits per heavy atom. The van der Waals surface area contributed by atoms with Gasteiger partial charge in [0, 0.05) is 12.1 Å². The van der Waals surface area contributed by atoms with Crippen molar-refractivity contribution in [1.82, 2.24) is 0 Å². The molecule has 0 aliphatic rings. The Bertz CT molecular complexity index is 617. The van der Waals surface area contributed by atoms with Crippen LogP contribution in [-0.4, -0.2) is 4.92 Å². The molecule has 110 valence electrons. The van der Waals surface area contributed by atoms with Crippen LogP contribution in [0.5, 0.6) is 0 Å². The van der Waals surface area contributed by atoms with E-state index in [0.717, 1.165) is 11.1 Å². The number of hydrogen-bond acceptors (Lipinski definition) is 2. The minimum absolute atomic E-state index is 0.0172. The van der Waals surface area contributed by atoms with Gasteiger partial charge in [-0.15, -0.1) is 23.2 Å². The Hall–Kier alpha value is -1.65. The molecule has 0 aliphatic carbocycles. The van der Waals surface area contributed by atoms with Crippen LogP contribution in [0.15, 0.2) is 48.5 Å². The van der Waals surface area contributed by atoms with Crippen LogP contribution in [0.4, 0.5) is 10.1 Å². The molecule has 0 aromatic heterocycles. The number of benzene rings is 2. The number of alkyl halides is 2. The zero-order valence-electron chi connectivity index (χ0n) is 10.9. The second kappa shape index (κ2) is 6.87. The number of halogens is 3. The second-order valence-electron chi connectivity index (χ2n) is 4.57. The molecule has 0 spiro atoms. The summed E-state index contributed by atoms with van der Waals surface area (Å²) in [6.07, 6.45) is 0.437. The maximum absolute atomic E-state index is 12.9. The standard InChI is InChI=1S/C15H12Cl2FNO2/c16-14(10-1-5-12(18)6-2-10)9-15(17)11-3-7-13(8-4-11)19(20)21/h1-8,14-15H,9H2. The molecule has 0 fully saturated rings. The zero-order chi connectivity index (χ0) is 15.4. The van der Waals surface area contributed by atoms with Crippen molar-refractivity contribution in [3.8, 4) is 0 Å². The molecule has 2 aromatic rings. The molecule has 3 nitrogen and oxygen atoms in total. The highest BCUT2D eigenvalue weighted by atomic mass is 35.5. The van der Waals surface area contributed by atoms with Gasteiger partial charge < -0.3 is 0 Å². The monoisotopic (exact) mass is 327 g/mol. The highest BCUT2D eigenvalue weighted by Gasteiger charge is 2.17. The number of hydrogen-bond donors (Lipinski definition) is 0. The first-order valence-electron chi connectivity index (χ1n) is 6.25. The van der Waals surface area contributed by atoms with E-state index in [4.69, 9.17) is 23.2 Å². The van der Waals surface area contributed by atoms with Crippen molar-refractivity contribution < 1.29 is 9.31 Å². The van der Waals surface area contributed by atoms with Gasteiger partial charge in [-0.3, -0.25) is 10.1 Å². The fourth-order valence-electron chi connectivity index (χ4n) is 1.93. The summed E-state index contributed by atoms with van der Waals surface area (Å²) < 4.78 is 12.9. The van der Waals surface area contributed by atoms with Crippen LogP contribution >= 0.6 is 23.2 Å². The van der Waals surface area contributed by atoms with Crippen molar-refractivity contribution in [1.29, 1.82) is 0 Å². The summed E-state index contributed by atoms with van der Waals surface area (Å²) in [6.45, 7) is 0. The molecule has 21 heavy (non-hydrogen) atoms. The van der Waals surface area contributed by atoms with Gasteiger partial charge in [0.05, 0.1) is 15.7 Å². The molecule has 0 radical (unpaired) electrons. The van der Waals surface area contributed by atoms with Gasteiger partial charge in [0.25, 0.3) is 5.69 Å². The Morgan fingerprint density at radius 2 is 1.38 bits per heavy atom. The smallest absolute Gasteiger partial charge is 0.258 e. The first-order chi connectivity index (χ1) is 9.97. The molecule has 0 aliphatic heterocycles. The summed E-state index contributed by atoms with van der Waals surface area (Å²) in [5, 5.41) is 9.86. The minimum atomic E-state index is -0.462. The average molecular weight is 328 g/mol. The van der Waals surface area contributed by atoms with E-state index in [-0.39, 0.29) is 22.3 Å². The molecular weight excluding hydrogens is 316 g/mol. The van der Waals surface area contributed by atoms with Crippen LogP contribution in [0.1, 0.15) is 28.3 Å². The van der Waals surface area contributed by atoms with Gasteiger partial charge in [-0.05, 0) is 29.7 Å². The highest BCUT2D eigenvalue weighted by molar-refractivity contribution is 6.23. The van der Waals surface area contributed by atoms with E-state index in [2.05, 4.69) is 0 Å². The third-order valence-electron chi connectivity index (χ3n) is 3.11. The van der Waals surface area contributed by atoms with Crippen molar-refractivity contribution >= 4 is 28.9 Å². The maximum Gasteiger partial charge on any atom is 0.269 e. The summed E-state index contributed by atoms with van der Waals surface area (Å²) in [5.74, 6) is -0.319. The molecule has 0 saturated carbocycles. The van der Waals surface area contributed by atoms with E-state index in [1.54, 1.807) is 24.3 Å². The summed E-state index contributed by atoms with van der Waals surface area (Å²) in [4.78, 5) is 10.1. The number of nitro benzene ring substituents is 1. The summed E-state index contributed by atoms with van der Waals surface area (Å²) in [6, 6.07) is 12.0. The van der Waals surface area contributed by atoms with E-state index in [1.165, 1.54) is 24.3 Å². The summed E-state index contributed by atoms with van der Waals surface area (Å²) in [5.41, 5.74) is 1.56. The van der Waals surface area contributed by atoms with Crippen LogP contribution < -0.4 is 0 Å². The highest BCUT2D eigenvalue weighted by Crippen LogP contribution is 2.35. The van der Waals surface area contributed by atoms with E-state index in [0.29, 0.717) is 6.42 Å². The molecule has 2 unspecified atom stereocenters. The van der Waals surface area contributed by atoms with Crippen molar-refractivity contribution in [2.75, 3.05) is 0 Å². The van der Waals surface area contributed by atoms with Crippen LogP contribution in [0.25, 0.3) is 0 Å². The fourth-order valence-corrected chi connectivity index (χ4v) is 2.67. The lowest BCUT2D eigenvalue weighted by Gasteiger charge is -2.15. The second-order valence-corrected chi connectivity index (χ2v) is 5.62. The third-order valence-corrected chi connectivity index (χ3v) is 3.97. The van der Waals surface area contributed by atoms with Crippen molar-refractivity contribution in [3.63, 3.8) is 0 Å². The van der Waals surface area contributed by atoms with Gasteiger partial charge in [0.2, 0.25) is 0 Å². The number of nitro groups is 1. The predicted octanol–water partition coefficient (Wildman–Crippen LogP) is 5.38. The lowest BCUT2D eigenvalue weighted by molar-refractivity contribution is -0.384. The normalized spacial score (nSPS) is 13.7. The topological polar surface area (TPSA) is 43.1 Å². The quantitative estimate of drug-likeness (QED) is 0.420. The molecule has 2 aromatic carbocycles. The van der Waals surface area contributed by atoms with Crippen LogP contribution in [0.3, 0.4) is 0 Å². The Balaban J connectivity index is 2.04. The van der Waals surface area contributed by atoms with E-state index >= 15 is 0 Å². The van der Waals surface area contributed by atoms with Gasteiger partial charge in [0.15, 0.2) is 0 Å². The van der Waals surface area contributed by atoms with E-state index < -0.39 is 4.92 Å². The predicted molar refractivity (Wildman–Crippen MR) is 81.3 cm³/mol. The van der Waals surface area contributed by atoms with E-state index in [1.807, 2.05) is 0 Å². The molecule has 2 atom stereocenters. The van der Waals surface area contributed by atoms with Crippen molar-refractivity contribution in [2.45, 2.75) is 17.2 Å². The molecule has 0 bridgehead atoms. The van der Waals surface area contributed by atoms with Gasteiger partial charge in [-0.2, -0.15) is 0 Å². The third kappa shape index (κ3) is 4.16. The molecule has 2 rings (SSSR count). The Labute approximate surface area is 131 Å². The van der Waals surface area contributed by atoms with Crippen molar-refractivity contribution in [3.05, 3.63) is 75.6 Å². The van der Waals surface area contributed by atoms with Crippen molar-refractivity contribution in [2.24, 2.45) is 0 Å². The number of nitrogens with zero attached hydrogens (tertiary/aromatic N) is 1. The van der Waals surface area contributed by atoms with Gasteiger partial charge in [0.1, 0.15) is 5.82 Å². The summed E-state index contributed by atoms with van der Waals surface area (Å²) >= 11 is 12.6. The SMILES string of the molecule is O=[N+]([O-])c1ccc(C(Cl)CC(Cl)c2ccc(F)cc2)cc1. The fraction of sp³-hybridized carbons (Fsp3) is 0.200. The summed E-state index contributed by atoms with van der Waals surface area (Å²) in [7, 11) is 0. The maximum atomic E-state index is 12.9.